The predicted molar refractivity (Wildman–Crippen MR) is 74.9 cm³/mol. The van der Waals surface area contributed by atoms with Crippen molar-refractivity contribution in [2.24, 2.45) is 5.92 Å². The van der Waals surface area contributed by atoms with E-state index in [0.29, 0.717) is 13.0 Å². The van der Waals surface area contributed by atoms with Crippen LogP contribution in [0.15, 0.2) is 0 Å². The summed E-state index contributed by atoms with van der Waals surface area (Å²) < 4.78 is 9.68. The fraction of sp³-hybridized carbons (Fsp3) is 0.769. The fourth-order valence-corrected chi connectivity index (χ4v) is 1.45. The number of nitrogens with one attached hydrogen (secondary N) is 1. The van der Waals surface area contributed by atoms with Gasteiger partial charge in [-0.2, -0.15) is 0 Å². The summed E-state index contributed by atoms with van der Waals surface area (Å²) >= 11 is 0. The van der Waals surface area contributed by atoms with Crippen LogP contribution in [0.5, 0.6) is 0 Å². The van der Waals surface area contributed by atoms with Gasteiger partial charge >= 0.3 is 18.0 Å². The Labute approximate surface area is 124 Å². The molecule has 122 valence electrons. The Morgan fingerprint density at radius 2 is 2.00 bits per heavy atom. The number of carbonyl (C=O) groups excluding carboxylic acids is 2. The Kier molecular flexibility index (Phi) is 9.95. The summed E-state index contributed by atoms with van der Waals surface area (Å²) in [7, 11) is 1.50. The number of carboxylic acid groups (broad SMARTS) is 1. The van der Waals surface area contributed by atoms with Crippen molar-refractivity contribution in [3.8, 4) is 0 Å². The maximum absolute atomic E-state index is 11.9. The van der Waals surface area contributed by atoms with Gasteiger partial charge in [-0.1, -0.05) is 6.92 Å². The van der Waals surface area contributed by atoms with Crippen LogP contribution in [-0.2, 0) is 19.1 Å². The van der Waals surface area contributed by atoms with Crippen LogP contribution < -0.4 is 5.32 Å². The van der Waals surface area contributed by atoms with Gasteiger partial charge in [0.25, 0.3) is 0 Å². The van der Waals surface area contributed by atoms with Gasteiger partial charge in [-0.15, -0.1) is 0 Å². The van der Waals surface area contributed by atoms with Crippen LogP contribution in [0, 0.1) is 5.92 Å². The van der Waals surface area contributed by atoms with E-state index in [-0.39, 0.29) is 26.2 Å². The number of nitrogens with zero attached hydrogens (tertiary/aromatic N) is 1. The number of hydrogen-bond acceptors (Lipinski definition) is 5. The maximum Gasteiger partial charge on any atom is 0.325 e. The molecule has 0 aliphatic heterocycles. The quantitative estimate of drug-likeness (QED) is 0.563. The average Bonchev–Trinajstić information content (AvgIpc) is 2.43. The van der Waals surface area contributed by atoms with E-state index in [4.69, 9.17) is 14.6 Å². The van der Waals surface area contributed by atoms with Crippen molar-refractivity contribution in [3.63, 3.8) is 0 Å². The molecule has 0 aliphatic rings. The van der Waals surface area contributed by atoms with Gasteiger partial charge in [-0.05, 0) is 13.3 Å². The van der Waals surface area contributed by atoms with Gasteiger partial charge in [0.2, 0.25) is 0 Å². The first-order valence-electron chi connectivity index (χ1n) is 6.82. The second kappa shape index (κ2) is 10.9. The van der Waals surface area contributed by atoms with Gasteiger partial charge in [-0.25, -0.2) is 4.79 Å². The van der Waals surface area contributed by atoms with Crippen LogP contribution in [0.25, 0.3) is 0 Å². The molecule has 0 aromatic rings. The molecule has 0 saturated heterocycles. The second-order valence-electron chi connectivity index (χ2n) is 4.48. The van der Waals surface area contributed by atoms with Gasteiger partial charge < -0.3 is 24.8 Å². The smallest absolute Gasteiger partial charge is 0.325 e. The van der Waals surface area contributed by atoms with Crippen molar-refractivity contribution >= 4 is 18.0 Å². The molecule has 0 aromatic heterocycles. The molecule has 0 fully saturated rings. The van der Waals surface area contributed by atoms with E-state index in [0.717, 1.165) is 0 Å². The highest BCUT2D eigenvalue weighted by Gasteiger charge is 2.18. The minimum absolute atomic E-state index is 0.169. The molecule has 0 radical (unpaired) electrons. The molecule has 0 bridgehead atoms. The van der Waals surface area contributed by atoms with Crippen LogP contribution in [-0.4, -0.2) is 67.9 Å². The van der Waals surface area contributed by atoms with Crippen molar-refractivity contribution < 1.29 is 29.0 Å². The molecule has 0 aliphatic carbocycles. The SMILES string of the molecule is CCOC(=O)CN(CCOC)C(=O)NCCC(C)C(=O)O. The molecule has 0 saturated carbocycles. The summed E-state index contributed by atoms with van der Waals surface area (Å²) in [6, 6.07) is -0.447. The molecule has 0 heterocycles. The maximum atomic E-state index is 11.9. The molecular weight excluding hydrogens is 280 g/mol. The molecule has 0 aromatic carbocycles. The molecule has 2 amide bonds. The first kappa shape index (κ1) is 19.2. The Morgan fingerprint density at radius 3 is 2.52 bits per heavy atom. The molecule has 2 N–H and O–H groups in total. The van der Waals surface area contributed by atoms with E-state index >= 15 is 0 Å². The zero-order valence-corrected chi connectivity index (χ0v) is 12.8. The van der Waals surface area contributed by atoms with Crippen molar-refractivity contribution in [1.82, 2.24) is 10.2 Å². The van der Waals surface area contributed by atoms with E-state index in [1.54, 1.807) is 13.8 Å². The summed E-state index contributed by atoms with van der Waals surface area (Å²) in [6.45, 7) is 4.08. The van der Waals surface area contributed by atoms with E-state index in [1.807, 2.05) is 0 Å². The number of ether oxygens (including phenoxy) is 2. The molecule has 8 heteroatoms. The number of aliphatic carboxylic acids is 1. The number of methoxy groups -OCH3 is 1. The Morgan fingerprint density at radius 1 is 1.33 bits per heavy atom. The number of esters is 1. The molecule has 0 spiro atoms. The highest BCUT2D eigenvalue weighted by molar-refractivity contribution is 5.81. The van der Waals surface area contributed by atoms with E-state index in [2.05, 4.69) is 5.32 Å². The zero-order chi connectivity index (χ0) is 16.3. The van der Waals surface area contributed by atoms with Gasteiger partial charge in [0.05, 0.1) is 19.1 Å². The molecule has 8 nitrogen and oxygen atoms in total. The van der Waals surface area contributed by atoms with Crippen LogP contribution in [0.1, 0.15) is 20.3 Å². The minimum atomic E-state index is -0.910. The van der Waals surface area contributed by atoms with Gasteiger partial charge in [-0.3, -0.25) is 9.59 Å². The summed E-state index contributed by atoms with van der Waals surface area (Å²) in [4.78, 5) is 35.3. The van der Waals surface area contributed by atoms with E-state index in [1.165, 1.54) is 12.0 Å². The summed E-state index contributed by atoms with van der Waals surface area (Å²) in [5.74, 6) is -1.95. The number of amides is 2. The van der Waals surface area contributed by atoms with E-state index < -0.39 is 23.9 Å². The van der Waals surface area contributed by atoms with Gasteiger partial charge in [0.15, 0.2) is 0 Å². The lowest BCUT2D eigenvalue weighted by Crippen LogP contribution is -2.45. The monoisotopic (exact) mass is 304 g/mol. The average molecular weight is 304 g/mol. The lowest BCUT2D eigenvalue weighted by Gasteiger charge is -2.22. The van der Waals surface area contributed by atoms with Gasteiger partial charge in [0, 0.05) is 20.2 Å². The highest BCUT2D eigenvalue weighted by atomic mass is 16.5. The number of carbonyl (C=O) groups is 3. The normalized spacial score (nSPS) is 11.6. The van der Waals surface area contributed by atoms with Crippen molar-refractivity contribution in [2.45, 2.75) is 20.3 Å². The second-order valence-corrected chi connectivity index (χ2v) is 4.48. The fourth-order valence-electron chi connectivity index (χ4n) is 1.45. The van der Waals surface area contributed by atoms with Crippen molar-refractivity contribution in [2.75, 3.05) is 40.0 Å². The first-order chi connectivity index (χ1) is 9.92. The third-order valence-electron chi connectivity index (χ3n) is 2.75. The number of hydrogen-bond donors (Lipinski definition) is 2. The van der Waals surface area contributed by atoms with Crippen LogP contribution >= 0.6 is 0 Å². The lowest BCUT2D eigenvalue weighted by atomic mass is 10.1. The third kappa shape index (κ3) is 8.85. The van der Waals surface area contributed by atoms with Crippen LogP contribution in [0.4, 0.5) is 4.79 Å². The predicted octanol–water partition coefficient (Wildman–Crippen LogP) is 0.318. The van der Waals surface area contributed by atoms with Crippen LogP contribution in [0.3, 0.4) is 0 Å². The van der Waals surface area contributed by atoms with Crippen LogP contribution in [0.2, 0.25) is 0 Å². The largest absolute Gasteiger partial charge is 0.481 e. The Bertz CT molecular complexity index is 348. The van der Waals surface area contributed by atoms with E-state index in [9.17, 15) is 14.4 Å². The van der Waals surface area contributed by atoms with Crippen molar-refractivity contribution in [1.29, 1.82) is 0 Å². The molecule has 21 heavy (non-hydrogen) atoms. The zero-order valence-electron chi connectivity index (χ0n) is 12.8. The highest BCUT2D eigenvalue weighted by Crippen LogP contribution is 2.00. The third-order valence-corrected chi connectivity index (χ3v) is 2.75. The molecule has 0 rings (SSSR count). The number of carboxylic acids is 1. The summed E-state index contributed by atoms with van der Waals surface area (Å²) in [6.07, 6.45) is 0.318. The lowest BCUT2D eigenvalue weighted by molar-refractivity contribution is -0.144. The standard InChI is InChI=1S/C13H24N2O6/c1-4-21-11(16)9-15(7-8-20-3)13(19)14-6-5-10(2)12(17)18/h10H,4-9H2,1-3H3,(H,14,19)(H,17,18). The number of rotatable bonds is 10. The van der Waals surface area contributed by atoms with Gasteiger partial charge in [0.1, 0.15) is 6.54 Å². The minimum Gasteiger partial charge on any atom is -0.481 e. The molecule has 1 atom stereocenters. The Hall–Kier alpha value is -1.83. The molecular formula is C13H24N2O6. The topological polar surface area (TPSA) is 105 Å². The summed E-state index contributed by atoms with van der Waals surface area (Å²) in [5, 5.41) is 11.3. The first-order valence-corrected chi connectivity index (χ1v) is 6.82. The Balaban J connectivity index is 4.30. The van der Waals surface area contributed by atoms with Crippen molar-refractivity contribution in [3.05, 3.63) is 0 Å². The summed E-state index contributed by atoms with van der Waals surface area (Å²) in [5.41, 5.74) is 0. The number of urea groups is 1. The molecule has 1 unspecified atom stereocenters.